The summed E-state index contributed by atoms with van der Waals surface area (Å²) in [5.74, 6) is -0.782. The molecule has 0 aromatic heterocycles. The molecule has 1 amide bonds. The van der Waals surface area contributed by atoms with Gasteiger partial charge in [-0.05, 0) is 45.4 Å². The lowest BCUT2D eigenvalue weighted by Crippen LogP contribution is -2.42. The van der Waals surface area contributed by atoms with E-state index in [-0.39, 0.29) is 12.3 Å². The maximum atomic E-state index is 11.9. The topological polar surface area (TPSA) is 55.4 Å². The minimum absolute atomic E-state index is 0.0726. The molecule has 1 N–H and O–H groups in total. The average Bonchev–Trinajstić information content (AvgIpc) is 2.30. The van der Waals surface area contributed by atoms with Gasteiger partial charge in [0.25, 0.3) is 0 Å². The standard InChI is InChI=1S/C15H19Cl2NO3/c1-9(14(20)21-15(2,3)4)18-13(19)7-10-5-6-11(16)8-12(10)17/h5-6,8-9H,7H2,1-4H3,(H,18,19)/t9-/m0/s1. The molecule has 0 fully saturated rings. The summed E-state index contributed by atoms with van der Waals surface area (Å²) in [5, 5.41) is 3.51. The van der Waals surface area contributed by atoms with Crippen LogP contribution in [0.5, 0.6) is 0 Å². The molecule has 1 atom stereocenters. The lowest BCUT2D eigenvalue weighted by Gasteiger charge is -2.22. The van der Waals surface area contributed by atoms with Crippen molar-refractivity contribution in [3.63, 3.8) is 0 Å². The van der Waals surface area contributed by atoms with E-state index in [2.05, 4.69) is 5.32 Å². The van der Waals surface area contributed by atoms with Crippen LogP contribution in [0.1, 0.15) is 33.3 Å². The Morgan fingerprint density at radius 1 is 1.29 bits per heavy atom. The molecule has 6 heteroatoms. The summed E-state index contributed by atoms with van der Waals surface area (Å²) < 4.78 is 5.19. The zero-order chi connectivity index (χ0) is 16.2. The van der Waals surface area contributed by atoms with E-state index in [1.54, 1.807) is 45.9 Å². The number of nitrogens with one attached hydrogen (secondary N) is 1. The van der Waals surface area contributed by atoms with Crippen LogP contribution in [-0.4, -0.2) is 23.5 Å². The van der Waals surface area contributed by atoms with E-state index in [4.69, 9.17) is 27.9 Å². The third kappa shape index (κ3) is 6.36. The number of carbonyl (C=O) groups excluding carboxylic acids is 2. The minimum Gasteiger partial charge on any atom is -0.458 e. The molecule has 1 rings (SSSR count). The van der Waals surface area contributed by atoms with Crippen LogP contribution in [0, 0.1) is 0 Å². The summed E-state index contributed by atoms with van der Waals surface area (Å²) in [6, 6.07) is 4.20. The van der Waals surface area contributed by atoms with Gasteiger partial charge in [-0.25, -0.2) is 4.79 Å². The van der Waals surface area contributed by atoms with Gasteiger partial charge in [0.2, 0.25) is 5.91 Å². The number of benzene rings is 1. The lowest BCUT2D eigenvalue weighted by atomic mass is 10.1. The molecular formula is C15H19Cl2NO3. The van der Waals surface area contributed by atoms with Crippen molar-refractivity contribution in [2.45, 2.75) is 45.8 Å². The van der Waals surface area contributed by atoms with E-state index in [1.807, 2.05) is 0 Å². The third-order valence-electron chi connectivity index (χ3n) is 2.50. The fourth-order valence-electron chi connectivity index (χ4n) is 1.58. The Labute approximate surface area is 134 Å². The summed E-state index contributed by atoms with van der Waals surface area (Å²) in [7, 11) is 0. The minimum atomic E-state index is -0.720. The highest BCUT2D eigenvalue weighted by atomic mass is 35.5. The Kier molecular flexibility index (Phi) is 6.05. The van der Waals surface area contributed by atoms with Crippen molar-refractivity contribution in [3.05, 3.63) is 33.8 Å². The average molecular weight is 332 g/mol. The smallest absolute Gasteiger partial charge is 0.328 e. The maximum Gasteiger partial charge on any atom is 0.328 e. The first-order valence-electron chi connectivity index (χ1n) is 6.54. The Morgan fingerprint density at radius 2 is 1.90 bits per heavy atom. The molecule has 0 aliphatic heterocycles. The van der Waals surface area contributed by atoms with Gasteiger partial charge >= 0.3 is 5.97 Å². The fourth-order valence-corrected chi connectivity index (χ4v) is 2.05. The van der Waals surface area contributed by atoms with E-state index in [1.165, 1.54) is 0 Å². The number of rotatable bonds is 4. The predicted octanol–water partition coefficient (Wildman–Crippen LogP) is 3.38. The van der Waals surface area contributed by atoms with Gasteiger partial charge in [0, 0.05) is 10.0 Å². The first kappa shape index (κ1) is 17.8. The van der Waals surface area contributed by atoms with Crippen molar-refractivity contribution >= 4 is 35.1 Å². The predicted molar refractivity (Wildman–Crippen MR) is 83.6 cm³/mol. The van der Waals surface area contributed by atoms with Crippen LogP contribution in [0.25, 0.3) is 0 Å². The maximum absolute atomic E-state index is 11.9. The van der Waals surface area contributed by atoms with Crippen molar-refractivity contribution in [2.24, 2.45) is 0 Å². The molecule has 0 bridgehead atoms. The summed E-state index contributed by atoms with van der Waals surface area (Å²) in [6.45, 7) is 6.89. The van der Waals surface area contributed by atoms with Crippen LogP contribution >= 0.6 is 23.2 Å². The van der Waals surface area contributed by atoms with Crippen LogP contribution in [0.2, 0.25) is 10.0 Å². The molecule has 1 aromatic rings. The molecule has 116 valence electrons. The number of esters is 1. The van der Waals surface area contributed by atoms with E-state index in [0.29, 0.717) is 15.6 Å². The van der Waals surface area contributed by atoms with Crippen molar-refractivity contribution in [1.29, 1.82) is 0 Å². The van der Waals surface area contributed by atoms with Gasteiger partial charge in [0.1, 0.15) is 11.6 Å². The zero-order valence-electron chi connectivity index (χ0n) is 12.5. The van der Waals surface area contributed by atoms with Gasteiger partial charge in [0.15, 0.2) is 0 Å². The first-order chi connectivity index (χ1) is 9.58. The number of amides is 1. The van der Waals surface area contributed by atoms with Gasteiger partial charge in [-0.1, -0.05) is 29.3 Å². The van der Waals surface area contributed by atoms with Crippen LogP contribution in [0.3, 0.4) is 0 Å². The Morgan fingerprint density at radius 3 is 2.43 bits per heavy atom. The Bertz CT molecular complexity index is 538. The number of hydrogen-bond acceptors (Lipinski definition) is 3. The van der Waals surface area contributed by atoms with Crippen LogP contribution in [-0.2, 0) is 20.7 Å². The summed E-state index contributed by atoms with van der Waals surface area (Å²) in [6.07, 6.45) is 0.0726. The largest absolute Gasteiger partial charge is 0.458 e. The summed E-state index contributed by atoms with van der Waals surface area (Å²) >= 11 is 11.8. The van der Waals surface area contributed by atoms with Crippen LogP contribution in [0.15, 0.2) is 18.2 Å². The number of hydrogen-bond donors (Lipinski definition) is 1. The van der Waals surface area contributed by atoms with Gasteiger partial charge < -0.3 is 10.1 Å². The number of halogens is 2. The summed E-state index contributed by atoms with van der Waals surface area (Å²) in [4.78, 5) is 23.7. The molecule has 0 saturated carbocycles. The first-order valence-corrected chi connectivity index (χ1v) is 7.30. The molecule has 0 radical (unpaired) electrons. The SMILES string of the molecule is C[C@H](NC(=O)Cc1ccc(Cl)cc1Cl)C(=O)OC(C)(C)C. The highest BCUT2D eigenvalue weighted by molar-refractivity contribution is 6.35. The second-order valence-electron chi connectivity index (χ2n) is 5.74. The van der Waals surface area contributed by atoms with E-state index < -0.39 is 17.6 Å². The second-order valence-corrected chi connectivity index (χ2v) is 6.58. The normalized spacial score (nSPS) is 12.7. The van der Waals surface area contributed by atoms with Crippen molar-refractivity contribution in [1.82, 2.24) is 5.32 Å². The molecule has 0 aliphatic carbocycles. The van der Waals surface area contributed by atoms with Crippen LogP contribution < -0.4 is 5.32 Å². The third-order valence-corrected chi connectivity index (χ3v) is 3.09. The van der Waals surface area contributed by atoms with Crippen LogP contribution in [0.4, 0.5) is 0 Å². The molecule has 0 unspecified atom stereocenters. The van der Waals surface area contributed by atoms with Crippen molar-refractivity contribution in [3.8, 4) is 0 Å². The van der Waals surface area contributed by atoms with Crippen molar-refractivity contribution < 1.29 is 14.3 Å². The Balaban J connectivity index is 2.59. The zero-order valence-corrected chi connectivity index (χ0v) is 14.0. The lowest BCUT2D eigenvalue weighted by molar-refractivity contribution is -0.158. The quantitative estimate of drug-likeness (QED) is 0.860. The number of carbonyl (C=O) groups is 2. The highest BCUT2D eigenvalue weighted by Crippen LogP contribution is 2.21. The Hall–Kier alpha value is -1.26. The van der Waals surface area contributed by atoms with Gasteiger partial charge in [0.05, 0.1) is 6.42 Å². The van der Waals surface area contributed by atoms with Gasteiger partial charge in [-0.15, -0.1) is 0 Å². The fraction of sp³-hybridized carbons (Fsp3) is 0.467. The molecule has 0 saturated heterocycles. The molecule has 4 nitrogen and oxygen atoms in total. The molecule has 1 aromatic carbocycles. The van der Waals surface area contributed by atoms with Crippen molar-refractivity contribution in [2.75, 3.05) is 0 Å². The van der Waals surface area contributed by atoms with E-state index >= 15 is 0 Å². The molecule has 0 heterocycles. The molecule has 0 spiro atoms. The van der Waals surface area contributed by atoms with Gasteiger partial charge in [-0.2, -0.15) is 0 Å². The molecular weight excluding hydrogens is 313 g/mol. The monoisotopic (exact) mass is 331 g/mol. The summed E-state index contributed by atoms with van der Waals surface area (Å²) in [5.41, 5.74) is 0.0604. The molecule has 21 heavy (non-hydrogen) atoms. The van der Waals surface area contributed by atoms with E-state index in [9.17, 15) is 9.59 Å². The highest BCUT2D eigenvalue weighted by Gasteiger charge is 2.23. The van der Waals surface area contributed by atoms with Gasteiger partial charge in [-0.3, -0.25) is 4.79 Å². The molecule has 0 aliphatic rings. The van der Waals surface area contributed by atoms with E-state index in [0.717, 1.165) is 0 Å². The number of ether oxygens (including phenoxy) is 1. The second kappa shape index (κ2) is 7.14.